The van der Waals surface area contributed by atoms with Crippen LogP contribution in [0.3, 0.4) is 0 Å². The van der Waals surface area contributed by atoms with Crippen LogP contribution in [0.25, 0.3) is 75.9 Å². The standard InChI is InChI=1S/C51H36N4OS/c1-3-14-31(15-4-1)49-52-50(32-16-5-2-6-17-32)54-51(53-49)41-24-12-23-40-37-29-28-33(30-45(37)57-48(40)41)34-20-11-21-38-39-22-13-27-44(47(39)56-46(34)38)55-42-25-9-7-18-35(42)36-19-8-10-26-43(36)55/h1-7,9-18,20-30,49,51,53H,8,19H2,(H,52,54). The van der Waals surface area contributed by atoms with Crippen LogP contribution in [-0.2, 0) is 6.42 Å². The van der Waals surface area contributed by atoms with E-state index >= 15 is 0 Å². The molecule has 1 aliphatic carbocycles. The van der Waals surface area contributed by atoms with E-state index in [2.05, 4.69) is 179 Å². The van der Waals surface area contributed by atoms with E-state index in [1.165, 1.54) is 47.9 Å². The van der Waals surface area contributed by atoms with Gasteiger partial charge in [-0.15, -0.1) is 11.3 Å². The van der Waals surface area contributed by atoms with Crippen molar-refractivity contribution < 1.29 is 4.42 Å². The number of benzene rings is 7. The number of aliphatic imine (C=N–C) groups is 1. The van der Waals surface area contributed by atoms with E-state index in [9.17, 15) is 0 Å². The molecule has 2 N–H and O–H groups in total. The molecule has 10 aromatic rings. The fourth-order valence-electron chi connectivity index (χ4n) is 9.14. The van der Waals surface area contributed by atoms with Gasteiger partial charge in [0.1, 0.15) is 23.8 Å². The second-order valence-corrected chi connectivity index (χ2v) is 16.1. The second kappa shape index (κ2) is 12.9. The minimum atomic E-state index is -0.188. The summed E-state index contributed by atoms with van der Waals surface area (Å²) in [5, 5.41) is 13.7. The summed E-state index contributed by atoms with van der Waals surface area (Å²) in [4.78, 5) is 5.14. The van der Waals surface area contributed by atoms with Gasteiger partial charge >= 0.3 is 0 Å². The minimum Gasteiger partial charge on any atom is -0.453 e. The maximum absolute atomic E-state index is 7.03. The van der Waals surface area contributed by atoms with Gasteiger partial charge in [0.15, 0.2) is 5.58 Å². The Labute approximate surface area is 333 Å². The van der Waals surface area contributed by atoms with Crippen LogP contribution in [0.15, 0.2) is 173 Å². The largest absolute Gasteiger partial charge is 0.453 e. The average molecular weight is 753 g/mol. The highest BCUT2D eigenvalue weighted by atomic mass is 32.1. The van der Waals surface area contributed by atoms with E-state index < -0.39 is 0 Å². The zero-order valence-electron chi connectivity index (χ0n) is 30.9. The molecule has 0 saturated carbocycles. The van der Waals surface area contributed by atoms with E-state index in [1.54, 1.807) is 0 Å². The van der Waals surface area contributed by atoms with E-state index in [0.717, 1.165) is 68.6 Å². The molecular weight excluding hydrogens is 717 g/mol. The summed E-state index contributed by atoms with van der Waals surface area (Å²) in [6, 6.07) is 56.4. The van der Waals surface area contributed by atoms with Crippen molar-refractivity contribution in [2.75, 3.05) is 0 Å². The van der Waals surface area contributed by atoms with Crippen molar-refractivity contribution in [1.29, 1.82) is 0 Å². The first kappa shape index (κ1) is 32.5. The van der Waals surface area contributed by atoms with Crippen molar-refractivity contribution >= 4 is 76.3 Å². The summed E-state index contributed by atoms with van der Waals surface area (Å²) < 4.78 is 11.9. The molecule has 1 aliphatic heterocycles. The number of thiophene rings is 1. The maximum Gasteiger partial charge on any atom is 0.159 e. The van der Waals surface area contributed by atoms with Gasteiger partial charge in [-0.25, -0.2) is 4.99 Å². The minimum absolute atomic E-state index is 0.142. The molecule has 12 rings (SSSR count). The zero-order chi connectivity index (χ0) is 37.5. The van der Waals surface area contributed by atoms with Crippen molar-refractivity contribution in [2.24, 2.45) is 4.99 Å². The van der Waals surface area contributed by atoms with Crippen LogP contribution in [0.1, 0.15) is 46.7 Å². The molecule has 6 heteroatoms. The fraction of sp³-hybridized carbons (Fsp3) is 0.0784. The fourth-order valence-corrected chi connectivity index (χ4v) is 10.4. The van der Waals surface area contributed by atoms with Crippen LogP contribution in [0.5, 0.6) is 0 Å². The third kappa shape index (κ3) is 5.15. The molecule has 0 bridgehead atoms. The van der Waals surface area contributed by atoms with Gasteiger partial charge in [-0.2, -0.15) is 0 Å². The molecule has 0 spiro atoms. The van der Waals surface area contributed by atoms with Crippen LogP contribution in [0.4, 0.5) is 0 Å². The Hall–Kier alpha value is -6.73. The van der Waals surface area contributed by atoms with E-state index in [0.29, 0.717) is 0 Å². The number of furan rings is 1. The van der Waals surface area contributed by atoms with E-state index in [-0.39, 0.29) is 12.3 Å². The molecule has 272 valence electrons. The number of nitrogens with zero attached hydrogens (tertiary/aromatic N) is 2. The predicted octanol–water partition coefficient (Wildman–Crippen LogP) is 12.9. The number of hydrogen-bond acceptors (Lipinski definition) is 5. The van der Waals surface area contributed by atoms with Gasteiger partial charge in [0, 0.05) is 58.7 Å². The molecule has 4 heterocycles. The lowest BCUT2D eigenvalue weighted by Crippen LogP contribution is -2.45. The van der Waals surface area contributed by atoms with Gasteiger partial charge in [0.25, 0.3) is 0 Å². The third-order valence-electron chi connectivity index (χ3n) is 11.8. The quantitative estimate of drug-likeness (QED) is 0.184. The number of fused-ring (bicyclic) bond motifs is 9. The molecular formula is C51H36N4OS. The number of hydrogen-bond donors (Lipinski definition) is 2. The summed E-state index contributed by atoms with van der Waals surface area (Å²) in [5.41, 5.74) is 12.4. The molecule has 3 aromatic heterocycles. The molecule has 2 aliphatic rings. The highest BCUT2D eigenvalue weighted by Crippen LogP contribution is 2.44. The lowest BCUT2D eigenvalue weighted by Gasteiger charge is -2.32. The van der Waals surface area contributed by atoms with Crippen LogP contribution in [0, 0.1) is 0 Å². The first-order valence-corrected chi connectivity index (χ1v) is 20.5. The van der Waals surface area contributed by atoms with E-state index in [1.807, 2.05) is 17.4 Å². The van der Waals surface area contributed by atoms with Crippen molar-refractivity contribution in [1.82, 2.24) is 15.2 Å². The number of aromatic nitrogens is 1. The monoisotopic (exact) mass is 752 g/mol. The number of allylic oxidation sites excluding steroid dienone is 1. The zero-order valence-corrected chi connectivity index (χ0v) is 31.8. The molecule has 0 fully saturated rings. The smallest absolute Gasteiger partial charge is 0.159 e. The number of rotatable bonds is 5. The predicted molar refractivity (Wildman–Crippen MR) is 237 cm³/mol. The van der Waals surface area contributed by atoms with Crippen LogP contribution in [-0.4, -0.2) is 10.4 Å². The Balaban J connectivity index is 0.975. The number of aryl methyl sites for hydroxylation is 1. The molecule has 57 heavy (non-hydrogen) atoms. The van der Waals surface area contributed by atoms with Gasteiger partial charge in [-0.3, -0.25) is 5.32 Å². The molecule has 2 unspecified atom stereocenters. The van der Waals surface area contributed by atoms with Gasteiger partial charge in [-0.05, 0) is 53.8 Å². The summed E-state index contributed by atoms with van der Waals surface area (Å²) in [7, 11) is 0. The normalized spacial score (nSPS) is 16.7. The van der Waals surface area contributed by atoms with Gasteiger partial charge in [-0.1, -0.05) is 146 Å². The summed E-state index contributed by atoms with van der Waals surface area (Å²) in [5.74, 6) is 0.886. The second-order valence-electron chi connectivity index (χ2n) is 15.0. The van der Waals surface area contributed by atoms with Crippen LogP contribution >= 0.6 is 11.3 Å². The Morgan fingerprint density at radius 1 is 0.649 bits per heavy atom. The summed E-state index contributed by atoms with van der Waals surface area (Å²) in [6.45, 7) is 0. The van der Waals surface area contributed by atoms with Crippen molar-refractivity contribution in [3.63, 3.8) is 0 Å². The third-order valence-corrected chi connectivity index (χ3v) is 13.0. The highest BCUT2D eigenvalue weighted by Gasteiger charge is 2.28. The Kier molecular flexibility index (Phi) is 7.37. The molecule has 5 nitrogen and oxygen atoms in total. The van der Waals surface area contributed by atoms with Crippen molar-refractivity contribution in [3.05, 3.63) is 192 Å². The number of para-hydroxylation sites is 3. The Bertz CT molecular complexity index is 3260. The van der Waals surface area contributed by atoms with Gasteiger partial charge < -0.3 is 14.3 Å². The SMILES string of the molecule is C1=Cc2c(c3ccccc3n2-c2cccc3c2oc2c(-c4ccc5c(c4)sc4c(C6NC(c7ccccc7)=NC(c7ccccc7)N6)cccc45)cccc23)CC1. The first-order chi connectivity index (χ1) is 28.3. The molecule has 2 atom stereocenters. The maximum atomic E-state index is 7.03. The molecule has 0 saturated heterocycles. The van der Waals surface area contributed by atoms with Crippen molar-refractivity contribution in [2.45, 2.75) is 25.2 Å². The van der Waals surface area contributed by atoms with Crippen molar-refractivity contribution in [3.8, 4) is 16.8 Å². The Morgan fingerprint density at radius 3 is 2.30 bits per heavy atom. The number of amidine groups is 1. The van der Waals surface area contributed by atoms with Crippen LogP contribution in [0.2, 0.25) is 0 Å². The van der Waals surface area contributed by atoms with Gasteiger partial charge in [0.05, 0.1) is 11.2 Å². The Morgan fingerprint density at radius 2 is 1.40 bits per heavy atom. The van der Waals surface area contributed by atoms with Crippen LogP contribution < -0.4 is 10.6 Å². The first-order valence-electron chi connectivity index (χ1n) is 19.7. The number of nitrogens with one attached hydrogen (secondary N) is 2. The molecule has 0 amide bonds. The topological polar surface area (TPSA) is 54.5 Å². The lowest BCUT2D eigenvalue weighted by atomic mass is 10.00. The molecule has 0 radical (unpaired) electrons. The average Bonchev–Trinajstić information content (AvgIpc) is 3.96. The van der Waals surface area contributed by atoms with Gasteiger partial charge in [0.2, 0.25) is 0 Å². The summed E-state index contributed by atoms with van der Waals surface area (Å²) in [6.07, 6.45) is 6.36. The molecule has 7 aromatic carbocycles. The van der Waals surface area contributed by atoms with E-state index in [4.69, 9.17) is 9.41 Å². The summed E-state index contributed by atoms with van der Waals surface area (Å²) >= 11 is 1.85. The lowest BCUT2D eigenvalue weighted by molar-refractivity contribution is 0.411. The highest BCUT2D eigenvalue weighted by molar-refractivity contribution is 7.26.